The lowest BCUT2D eigenvalue weighted by atomic mass is 10.1. The molecule has 0 saturated carbocycles. The zero-order valence-corrected chi connectivity index (χ0v) is 15.2. The number of carbonyl (C=O) groups is 1. The predicted molar refractivity (Wildman–Crippen MR) is 96.6 cm³/mol. The standard InChI is InChI=1S/C17H16N4O5S/c1-20-16(23)12-4-2-3-5-13(12)21-14(18-19-17(20)21)9-26-15(22)8-11-6-7-27(24,25)10-11/h2-7,11H,8-10H2,1H3. The van der Waals surface area contributed by atoms with Crippen LogP contribution in [-0.4, -0.2) is 39.3 Å². The Balaban J connectivity index is 1.59. The first kappa shape index (κ1) is 17.4. The van der Waals surface area contributed by atoms with Crippen molar-refractivity contribution in [2.75, 3.05) is 5.75 Å². The number of ether oxygens (including phenoxy) is 1. The molecule has 3 heterocycles. The minimum Gasteiger partial charge on any atom is -0.457 e. The van der Waals surface area contributed by atoms with E-state index in [-0.39, 0.29) is 30.3 Å². The maximum atomic E-state index is 12.4. The van der Waals surface area contributed by atoms with Gasteiger partial charge in [0.15, 0.2) is 22.3 Å². The van der Waals surface area contributed by atoms with Gasteiger partial charge in [0.2, 0.25) is 5.78 Å². The Kier molecular flexibility index (Phi) is 4.06. The molecule has 0 bridgehead atoms. The first-order valence-corrected chi connectivity index (χ1v) is 9.95. The first-order chi connectivity index (χ1) is 12.9. The number of para-hydroxylation sites is 1. The number of aryl methyl sites for hydroxylation is 1. The second-order valence-electron chi connectivity index (χ2n) is 6.42. The summed E-state index contributed by atoms with van der Waals surface area (Å²) in [7, 11) is -1.61. The van der Waals surface area contributed by atoms with Gasteiger partial charge in [-0.15, -0.1) is 10.2 Å². The largest absolute Gasteiger partial charge is 0.457 e. The Bertz CT molecular complexity index is 1260. The highest BCUT2D eigenvalue weighted by molar-refractivity contribution is 7.94. The van der Waals surface area contributed by atoms with Crippen molar-refractivity contribution in [3.63, 3.8) is 0 Å². The number of hydrogen-bond donors (Lipinski definition) is 0. The van der Waals surface area contributed by atoms with Crippen molar-refractivity contribution in [2.24, 2.45) is 13.0 Å². The van der Waals surface area contributed by atoms with Gasteiger partial charge in [-0.2, -0.15) is 0 Å². The Morgan fingerprint density at radius 2 is 2.07 bits per heavy atom. The average molecular weight is 388 g/mol. The van der Waals surface area contributed by atoms with Gasteiger partial charge in [-0.1, -0.05) is 18.2 Å². The second kappa shape index (κ2) is 6.31. The summed E-state index contributed by atoms with van der Waals surface area (Å²) in [5, 5.41) is 9.69. The number of hydrogen-bond acceptors (Lipinski definition) is 7. The van der Waals surface area contributed by atoms with E-state index in [0.717, 1.165) is 5.41 Å². The highest BCUT2D eigenvalue weighted by Crippen LogP contribution is 2.19. The molecule has 0 radical (unpaired) electrons. The molecule has 10 heteroatoms. The molecule has 1 atom stereocenters. The van der Waals surface area contributed by atoms with E-state index >= 15 is 0 Å². The maximum absolute atomic E-state index is 12.4. The van der Waals surface area contributed by atoms with Crippen molar-refractivity contribution in [3.05, 3.63) is 51.9 Å². The second-order valence-corrected chi connectivity index (χ2v) is 8.35. The summed E-state index contributed by atoms with van der Waals surface area (Å²) in [5.74, 6) is -0.260. The smallest absolute Gasteiger partial charge is 0.306 e. The van der Waals surface area contributed by atoms with E-state index in [1.54, 1.807) is 35.7 Å². The molecular weight excluding hydrogens is 372 g/mol. The molecule has 0 amide bonds. The van der Waals surface area contributed by atoms with Crippen LogP contribution in [0.15, 0.2) is 40.5 Å². The van der Waals surface area contributed by atoms with Crippen molar-refractivity contribution in [3.8, 4) is 0 Å². The van der Waals surface area contributed by atoms with Gasteiger partial charge < -0.3 is 4.74 Å². The highest BCUT2D eigenvalue weighted by atomic mass is 32.2. The zero-order valence-electron chi connectivity index (χ0n) is 14.4. The summed E-state index contributed by atoms with van der Waals surface area (Å²) in [4.78, 5) is 24.5. The molecule has 0 saturated heterocycles. The molecule has 0 spiro atoms. The molecule has 3 aromatic rings. The van der Waals surface area contributed by atoms with Crippen LogP contribution in [0.2, 0.25) is 0 Å². The fourth-order valence-electron chi connectivity index (χ4n) is 3.17. The molecule has 1 aromatic carbocycles. The lowest BCUT2D eigenvalue weighted by Crippen LogP contribution is -2.20. The summed E-state index contributed by atoms with van der Waals surface area (Å²) >= 11 is 0. The van der Waals surface area contributed by atoms with Crippen molar-refractivity contribution < 1.29 is 17.9 Å². The minimum absolute atomic E-state index is 0.0221. The number of allylic oxidation sites excluding steroid dienone is 1. The van der Waals surface area contributed by atoms with Gasteiger partial charge in [0.25, 0.3) is 5.56 Å². The van der Waals surface area contributed by atoms with Crippen LogP contribution in [-0.2, 0) is 33.0 Å². The number of benzene rings is 1. The van der Waals surface area contributed by atoms with E-state index < -0.39 is 15.8 Å². The van der Waals surface area contributed by atoms with E-state index in [1.807, 2.05) is 0 Å². The number of fused-ring (bicyclic) bond motifs is 3. The lowest BCUT2D eigenvalue weighted by Gasteiger charge is -2.09. The third-order valence-electron chi connectivity index (χ3n) is 4.49. The Morgan fingerprint density at radius 3 is 2.81 bits per heavy atom. The van der Waals surface area contributed by atoms with Crippen LogP contribution in [0, 0.1) is 5.92 Å². The number of esters is 1. The number of rotatable bonds is 4. The Morgan fingerprint density at radius 1 is 1.30 bits per heavy atom. The van der Waals surface area contributed by atoms with Gasteiger partial charge in [0.1, 0.15) is 0 Å². The van der Waals surface area contributed by atoms with Crippen LogP contribution >= 0.6 is 0 Å². The van der Waals surface area contributed by atoms with Crippen molar-refractivity contribution in [2.45, 2.75) is 13.0 Å². The van der Waals surface area contributed by atoms with Gasteiger partial charge in [0.05, 0.1) is 23.1 Å². The lowest BCUT2D eigenvalue weighted by molar-refractivity contribution is -0.145. The molecule has 27 heavy (non-hydrogen) atoms. The molecule has 140 valence electrons. The number of aromatic nitrogens is 4. The monoisotopic (exact) mass is 388 g/mol. The molecule has 1 unspecified atom stereocenters. The summed E-state index contributed by atoms with van der Waals surface area (Å²) in [6.07, 6.45) is 1.48. The van der Waals surface area contributed by atoms with Gasteiger partial charge >= 0.3 is 5.97 Å². The summed E-state index contributed by atoms with van der Waals surface area (Å²) < 4.78 is 31.1. The molecule has 2 aromatic heterocycles. The SMILES string of the molecule is Cn1c(=O)c2ccccc2n2c(COC(=O)CC3C=CS(=O)(=O)C3)nnc12. The zero-order chi connectivity index (χ0) is 19.2. The molecule has 9 nitrogen and oxygen atoms in total. The predicted octanol–water partition coefficient (Wildman–Crippen LogP) is 0.573. The molecule has 0 fully saturated rings. The Hall–Kier alpha value is -3.01. The fourth-order valence-corrected chi connectivity index (χ4v) is 4.57. The number of carbonyl (C=O) groups excluding carboxylic acids is 1. The molecule has 1 aliphatic heterocycles. The van der Waals surface area contributed by atoms with Crippen LogP contribution < -0.4 is 5.56 Å². The van der Waals surface area contributed by atoms with Crippen LogP contribution in [0.1, 0.15) is 12.2 Å². The van der Waals surface area contributed by atoms with E-state index in [1.165, 1.54) is 10.6 Å². The third-order valence-corrected chi connectivity index (χ3v) is 5.95. The van der Waals surface area contributed by atoms with Crippen molar-refractivity contribution in [1.82, 2.24) is 19.2 Å². The summed E-state index contributed by atoms with van der Waals surface area (Å²) in [6.45, 7) is -0.134. The normalized spacial score (nSPS) is 18.3. The van der Waals surface area contributed by atoms with Crippen LogP contribution in [0.5, 0.6) is 0 Å². The topological polar surface area (TPSA) is 113 Å². The van der Waals surface area contributed by atoms with Gasteiger partial charge in [-0.3, -0.25) is 18.6 Å². The quantitative estimate of drug-likeness (QED) is 0.601. The van der Waals surface area contributed by atoms with E-state index in [0.29, 0.717) is 22.5 Å². The average Bonchev–Trinajstić information content (AvgIpc) is 3.21. The highest BCUT2D eigenvalue weighted by Gasteiger charge is 2.25. The van der Waals surface area contributed by atoms with Crippen LogP contribution in [0.4, 0.5) is 0 Å². The molecule has 0 aliphatic carbocycles. The molecule has 0 N–H and O–H groups in total. The molecule has 1 aliphatic rings. The summed E-state index contributed by atoms with van der Waals surface area (Å²) in [5.41, 5.74) is 0.430. The van der Waals surface area contributed by atoms with Crippen LogP contribution in [0.25, 0.3) is 16.7 Å². The molecule has 4 rings (SSSR count). The van der Waals surface area contributed by atoms with E-state index in [9.17, 15) is 18.0 Å². The maximum Gasteiger partial charge on any atom is 0.306 e. The number of nitrogens with zero attached hydrogens (tertiary/aromatic N) is 4. The van der Waals surface area contributed by atoms with Gasteiger partial charge in [-0.25, -0.2) is 8.42 Å². The minimum atomic E-state index is -3.21. The van der Waals surface area contributed by atoms with E-state index in [2.05, 4.69) is 10.2 Å². The van der Waals surface area contributed by atoms with Gasteiger partial charge in [-0.05, 0) is 12.1 Å². The van der Waals surface area contributed by atoms with Crippen molar-refractivity contribution >= 4 is 32.5 Å². The van der Waals surface area contributed by atoms with Gasteiger partial charge in [0, 0.05) is 18.4 Å². The molecular formula is C17H16N4O5S. The van der Waals surface area contributed by atoms with Crippen LogP contribution in [0.3, 0.4) is 0 Å². The third kappa shape index (κ3) is 3.12. The Labute approximate surface area is 153 Å². The number of sulfone groups is 1. The van der Waals surface area contributed by atoms with Crippen molar-refractivity contribution in [1.29, 1.82) is 0 Å². The fraction of sp³-hybridized carbons (Fsp3) is 0.294. The first-order valence-electron chi connectivity index (χ1n) is 8.24. The van der Waals surface area contributed by atoms with E-state index in [4.69, 9.17) is 4.74 Å². The summed E-state index contributed by atoms with van der Waals surface area (Å²) in [6, 6.07) is 7.04.